The molecule has 73 heavy (non-hydrogen) atoms. The van der Waals surface area contributed by atoms with E-state index in [2.05, 4.69) is 13.8 Å². The highest BCUT2D eigenvalue weighted by Crippen LogP contribution is 2.47. The van der Waals surface area contributed by atoms with Gasteiger partial charge < -0.3 is 39.9 Å². The molecule has 1 aliphatic rings. The minimum Gasteiger partial charge on any atom is -0.462 e. The Labute approximate surface area is 446 Å². The maximum atomic E-state index is 12.9. The molecule has 0 spiro atoms. The van der Waals surface area contributed by atoms with Crippen molar-refractivity contribution in [2.45, 2.75) is 352 Å². The fourth-order valence-electron chi connectivity index (χ4n) is 10.1. The van der Waals surface area contributed by atoms with E-state index in [-0.39, 0.29) is 12.8 Å². The SMILES string of the molecule is CCCCCCCCCCCCCCCCCCCCCCCCC(=O)OC[C@H](COP(=O)(O)OC1C(O)C(O)C(O)[C@@H](O)C1O)OC(=O)CCCCCCCCCCCCCCCCCCCCCCCC. The van der Waals surface area contributed by atoms with Gasteiger partial charge in [0.05, 0.1) is 6.61 Å². The Morgan fingerprint density at radius 2 is 0.616 bits per heavy atom. The molecule has 0 aromatic heterocycles. The molecular formula is C59H115O13P. The van der Waals surface area contributed by atoms with Crippen LogP contribution < -0.4 is 0 Å². The zero-order valence-electron chi connectivity index (χ0n) is 47.0. The smallest absolute Gasteiger partial charge is 0.462 e. The van der Waals surface area contributed by atoms with E-state index in [0.29, 0.717) is 12.8 Å². The van der Waals surface area contributed by atoms with Gasteiger partial charge in [-0.1, -0.05) is 284 Å². The predicted molar refractivity (Wildman–Crippen MR) is 295 cm³/mol. The Morgan fingerprint density at radius 3 is 0.904 bits per heavy atom. The van der Waals surface area contributed by atoms with Crippen molar-refractivity contribution in [1.82, 2.24) is 0 Å². The van der Waals surface area contributed by atoms with Crippen molar-refractivity contribution in [3.63, 3.8) is 0 Å². The molecule has 0 bridgehead atoms. The van der Waals surface area contributed by atoms with Crippen LogP contribution in [0, 0.1) is 0 Å². The number of phosphoric acid groups is 1. The number of aliphatic hydroxyl groups is 5. The van der Waals surface area contributed by atoms with Crippen LogP contribution in [0.4, 0.5) is 0 Å². The Balaban J connectivity index is 2.28. The van der Waals surface area contributed by atoms with Crippen LogP contribution in [0.15, 0.2) is 0 Å². The molecule has 14 heteroatoms. The van der Waals surface area contributed by atoms with Gasteiger partial charge in [0.2, 0.25) is 0 Å². The molecule has 1 fully saturated rings. The summed E-state index contributed by atoms with van der Waals surface area (Å²) >= 11 is 0. The Kier molecular flexibility index (Phi) is 47.1. The summed E-state index contributed by atoms with van der Waals surface area (Å²) in [6.45, 7) is 3.39. The Hall–Kier alpha value is -1.15. The summed E-state index contributed by atoms with van der Waals surface area (Å²) in [5.41, 5.74) is 0. The lowest BCUT2D eigenvalue weighted by atomic mass is 9.85. The molecule has 0 radical (unpaired) electrons. The molecule has 0 aromatic carbocycles. The summed E-state index contributed by atoms with van der Waals surface area (Å²) in [5, 5.41) is 50.4. The van der Waals surface area contributed by atoms with E-state index in [1.807, 2.05) is 0 Å². The molecule has 0 aliphatic heterocycles. The minimum absolute atomic E-state index is 0.106. The number of phosphoric ester groups is 1. The Bertz CT molecular complexity index is 1270. The number of unbranched alkanes of at least 4 members (excludes halogenated alkanes) is 42. The van der Waals surface area contributed by atoms with Gasteiger partial charge in [0.15, 0.2) is 6.10 Å². The van der Waals surface area contributed by atoms with Gasteiger partial charge in [0.25, 0.3) is 0 Å². The van der Waals surface area contributed by atoms with Gasteiger partial charge in [-0.3, -0.25) is 18.6 Å². The molecule has 6 N–H and O–H groups in total. The quantitative estimate of drug-likeness (QED) is 0.0191. The van der Waals surface area contributed by atoms with Crippen molar-refractivity contribution >= 4 is 19.8 Å². The minimum atomic E-state index is -5.12. The van der Waals surface area contributed by atoms with Gasteiger partial charge in [-0.15, -0.1) is 0 Å². The molecule has 6 unspecified atom stereocenters. The predicted octanol–water partition coefficient (Wildman–Crippen LogP) is 14.7. The van der Waals surface area contributed by atoms with Crippen molar-refractivity contribution < 1.29 is 63.1 Å². The van der Waals surface area contributed by atoms with Crippen LogP contribution in [0.1, 0.15) is 309 Å². The number of carbonyl (C=O) groups is 2. The number of carbonyl (C=O) groups excluding carboxylic acids is 2. The van der Waals surface area contributed by atoms with Crippen LogP contribution in [0.2, 0.25) is 0 Å². The van der Waals surface area contributed by atoms with Gasteiger partial charge in [-0.25, -0.2) is 4.57 Å². The first-order valence-corrected chi connectivity index (χ1v) is 32.3. The normalized spacial score (nSPS) is 20.3. The molecule has 1 saturated carbocycles. The van der Waals surface area contributed by atoms with Crippen LogP contribution >= 0.6 is 7.82 Å². The van der Waals surface area contributed by atoms with Crippen LogP contribution in [-0.4, -0.2) is 98.3 Å². The molecule has 0 aromatic rings. The molecule has 8 atom stereocenters. The second-order valence-electron chi connectivity index (χ2n) is 21.9. The molecule has 0 saturated heterocycles. The number of hydrogen-bond acceptors (Lipinski definition) is 12. The average molecular weight is 1060 g/mol. The molecule has 0 heterocycles. The van der Waals surface area contributed by atoms with E-state index in [4.69, 9.17) is 18.5 Å². The van der Waals surface area contributed by atoms with E-state index in [1.54, 1.807) is 0 Å². The molecule has 1 aliphatic carbocycles. The first-order chi connectivity index (χ1) is 35.4. The van der Waals surface area contributed by atoms with Gasteiger partial charge in [0, 0.05) is 12.8 Å². The highest BCUT2D eigenvalue weighted by Gasteiger charge is 2.51. The Morgan fingerprint density at radius 1 is 0.370 bits per heavy atom. The molecule has 13 nitrogen and oxygen atoms in total. The number of hydrogen-bond donors (Lipinski definition) is 6. The number of esters is 2. The van der Waals surface area contributed by atoms with Crippen LogP contribution in [-0.2, 0) is 32.7 Å². The lowest BCUT2D eigenvalue weighted by Crippen LogP contribution is -2.64. The summed E-state index contributed by atoms with van der Waals surface area (Å²) in [7, 11) is -5.12. The van der Waals surface area contributed by atoms with Crippen LogP contribution in [0.5, 0.6) is 0 Å². The zero-order valence-corrected chi connectivity index (χ0v) is 47.9. The number of ether oxygens (including phenoxy) is 2. The largest absolute Gasteiger partial charge is 0.472 e. The monoisotopic (exact) mass is 1060 g/mol. The molecule has 1 rings (SSSR count). The van der Waals surface area contributed by atoms with Gasteiger partial charge in [-0.05, 0) is 12.8 Å². The topological polar surface area (TPSA) is 210 Å². The summed E-state index contributed by atoms with van der Waals surface area (Å²) in [6, 6.07) is 0. The summed E-state index contributed by atoms with van der Waals surface area (Å²) in [6.07, 6.45) is 43.0. The lowest BCUT2D eigenvalue weighted by Gasteiger charge is -2.41. The lowest BCUT2D eigenvalue weighted by molar-refractivity contribution is -0.220. The van der Waals surface area contributed by atoms with E-state index < -0.39 is 75.7 Å². The number of rotatable bonds is 54. The second kappa shape index (κ2) is 49.2. The van der Waals surface area contributed by atoms with E-state index in [9.17, 15) is 44.6 Å². The van der Waals surface area contributed by atoms with Gasteiger partial charge in [0.1, 0.15) is 43.2 Å². The van der Waals surface area contributed by atoms with Gasteiger partial charge >= 0.3 is 19.8 Å². The third kappa shape index (κ3) is 40.7. The maximum Gasteiger partial charge on any atom is 0.472 e. The van der Waals surface area contributed by atoms with Crippen LogP contribution in [0.25, 0.3) is 0 Å². The van der Waals surface area contributed by atoms with Crippen molar-refractivity contribution in [2.24, 2.45) is 0 Å². The highest BCUT2D eigenvalue weighted by atomic mass is 31.2. The molecular weight excluding hydrogens is 948 g/mol. The zero-order chi connectivity index (χ0) is 53.5. The fraction of sp³-hybridized carbons (Fsp3) is 0.966. The first kappa shape index (κ1) is 69.9. The first-order valence-electron chi connectivity index (χ1n) is 30.8. The van der Waals surface area contributed by atoms with Crippen molar-refractivity contribution in [1.29, 1.82) is 0 Å². The van der Waals surface area contributed by atoms with E-state index in [1.165, 1.54) is 231 Å². The molecule has 0 amide bonds. The fourth-order valence-corrected chi connectivity index (χ4v) is 11.0. The third-order valence-electron chi connectivity index (χ3n) is 14.9. The van der Waals surface area contributed by atoms with Crippen molar-refractivity contribution in [3.8, 4) is 0 Å². The molecule has 434 valence electrons. The highest BCUT2D eigenvalue weighted by molar-refractivity contribution is 7.47. The van der Waals surface area contributed by atoms with E-state index >= 15 is 0 Å². The second-order valence-corrected chi connectivity index (χ2v) is 23.3. The van der Waals surface area contributed by atoms with E-state index in [0.717, 1.165) is 38.5 Å². The third-order valence-corrected chi connectivity index (χ3v) is 15.9. The summed E-state index contributed by atoms with van der Waals surface area (Å²) in [4.78, 5) is 36.0. The number of aliphatic hydroxyl groups excluding tert-OH is 5. The van der Waals surface area contributed by atoms with Crippen molar-refractivity contribution in [3.05, 3.63) is 0 Å². The summed E-state index contributed by atoms with van der Waals surface area (Å²) in [5.74, 6) is -1.07. The van der Waals surface area contributed by atoms with Crippen LogP contribution in [0.3, 0.4) is 0 Å². The average Bonchev–Trinajstić information content (AvgIpc) is 3.37. The summed E-state index contributed by atoms with van der Waals surface area (Å²) < 4.78 is 33.8. The van der Waals surface area contributed by atoms with Crippen molar-refractivity contribution in [2.75, 3.05) is 13.2 Å². The van der Waals surface area contributed by atoms with Gasteiger partial charge in [-0.2, -0.15) is 0 Å². The standard InChI is InChI=1S/C59H115O13P/c1-3-5-7-9-11-13-15-17-19-21-23-25-27-29-31-33-35-37-39-41-43-45-47-52(60)69-49-51(50-70-73(67,68)72-59-57(65)55(63)54(62)56(64)58(59)66)71-53(61)48-46-44-42-40-38-36-34-32-30-28-26-24-22-20-18-16-14-12-10-8-6-4-2/h51,54-59,62-66H,3-50H2,1-2H3,(H,67,68)/t51-,54?,55-,56?,57?,58?,59?/m1/s1. The maximum absolute atomic E-state index is 12.9.